The number of carbonyl (C=O) groups excluding carboxylic acids is 1. The molecule has 1 atom stereocenters. The highest BCUT2D eigenvalue weighted by Gasteiger charge is 2.40. The largest absolute Gasteiger partial charge is 0.406 e. The Hall–Kier alpha value is -2.30. The molecule has 8 heteroatoms. The van der Waals surface area contributed by atoms with Crippen molar-refractivity contribution in [3.05, 3.63) is 23.9 Å². The van der Waals surface area contributed by atoms with E-state index in [0.717, 1.165) is 4.90 Å². The lowest BCUT2D eigenvalue weighted by molar-refractivity contribution is -0.157. The molecule has 0 aliphatic carbocycles. The van der Waals surface area contributed by atoms with Crippen molar-refractivity contribution < 1.29 is 18.0 Å². The Labute approximate surface area is 119 Å². The van der Waals surface area contributed by atoms with Crippen LogP contribution in [0, 0.1) is 11.3 Å². The molecule has 1 amide bonds. The van der Waals surface area contributed by atoms with E-state index >= 15 is 0 Å². The number of likely N-dealkylation sites (tertiary alicyclic amines) is 1. The van der Waals surface area contributed by atoms with Crippen molar-refractivity contribution in [1.82, 2.24) is 9.88 Å². The molecule has 5 nitrogen and oxygen atoms in total. The highest BCUT2D eigenvalue weighted by Crippen LogP contribution is 2.25. The first-order valence-electron chi connectivity index (χ1n) is 6.26. The Balaban J connectivity index is 2.08. The minimum absolute atomic E-state index is 0.0730. The normalized spacial score (nSPS) is 18.7. The highest BCUT2D eigenvalue weighted by atomic mass is 19.4. The van der Waals surface area contributed by atoms with Gasteiger partial charge in [-0.05, 0) is 18.6 Å². The highest BCUT2D eigenvalue weighted by molar-refractivity contribution is 5.87. The van der Waals surface area contributed by atoms with Crippen LogP contribution in [0.25, 0.3) is 0 Å². The van der Waals surface area contributed by atoms with Crippen LogP contribution in [0.2, 0.25) is 0 Å². The Bertz CT molecular complexity index is 564. The van der Waals surface area contributed by atoms with E-state index in [1.54, 1.807) is 24.1 Å². The number of likely N-dealkylation sites (N-methyl/N-ethyl adjacent to an activating group) is 1. The molecule has 1 aromatic heterocycles. The molecule has 112 valence electrons. The number of pyridine rings is 1. The van der Waals surface area contributed by atoms with Gasteiger partial charge in [-0.3, -0.25) is 4.79 Å². The van der Waals surface area contributed by atoms with E-state index in [2.05, 4.69) is 4.98 Å². The molecule has 1 aliphatic heterocycles. The first-order chi connectivity index (χ1) is 9.81. The molecule has 2 heterocycles. The van der Waals surface area contributed by atoms with Crippen LogP contribution in [-0.4, -0.2) is 48.1 Å². The van der Waals surface area contributed by atoms with Gasteiger partial charge in [-0.1, -0.05) is 0 Å². The fourth-order valence-electron chi connectivity index (χ4n) is 2.28. The third-order valence-corrected chi connectivity index (χ3v) is 3.35. The summed E-state index contributed by atoms with van der Waals surface area (Å²) in [7, 11) is 1.61. The van der Waals surface area contributed by atoms with Crippen molar-refractivity contribution in [2.75, 3.05) is 25.0 Å². The molecule has 1 saturated heterocycles. The Morgan fingerprint density at radius 1 is 1.52 bits per heavy atom. The van der Waals surface area contributed by atoms with Crippen LogP contribution in [0.5, 0.6) is 0 Å². The molecule has 1 unspecified atom stereocenters. The standard InChI is InChI=1S/C13H13F3N4O/c1-19(11-3-2-9(6-17)7-18-11)10-4-5-20(12(10)21)8-13(14,15)16/h2-3,7,10H,4-5,8H2,1H3. The summed E-state index contributed by atoms with van der Waals surface area (Å²) in [6, 6.07) is 4.38. The number of hydrogen-bond donors (Lipinski definition) is 0. The number of aromatic nitrogens is 1. The lowest BCUT2D eigenvalue weighted by Crippen LogP contribution is -2.42. The molecule has 0 N–H and O–H groups in total. The van der Waals surface area contributed by atoms with E-state index in [1.165, 1.54) is 6.20 Å². The second kappa shape index (κ2) is 5.60. The van der Waals surface area contributed by atoms with Crippen molar-refractivity contribution in [3.8, 4) is 6.07 Å². The molecule has 0 saturated carbocycles. The van der Waals surface area contributed by atoms with Crippen LogP contribution >= 0.6 is 0 Å². The third kappa shape index (κ3) is 3.42. The number of halogens is 3. The van der Waals surface area contributed by atoms with Crippen LogP contribution in [0.3, 0.4) is 0 Å². The van der Waals surface area contributed by atoms with Crippen molar-refractivity contribution in [3.63, 3.8) is 0 Å². The van der Waals surface area contributed by atoms with E-state index < -0.39 is 24.7 Å². The number of nitriles is 1. The second-order valence-electron chi connectivity index (χ2n) is 4.81. The van der Waals surface area contributed by atoms with Gasteiger partial charge in [-0.25, -0.2) is 4.98 Å². The first-order valence-corrected chi connectivity index (χ1v) is 6.26. The maximum absolute atomic E-state index is 12.4. The third-order valence-electron chi connectivity index (χ3n) is 3.35. The molecule has 1 fully saturated rings. The summed E-state index contributed by atoms with van der Waals surface area (Å²) >= 11 is 0. The van der Waals surface area contributed by atoms with Crippen LogP contribution in [0.15, 0.2) is 18.3 Å². The fraction of sp³-hybridized carbons (Fsp3) is 0.462. The van der Waals surface area contributed by atoms with Gasteiger partial charge in [0, 0.05) is 19.8 Å². The summed E-state index contributed by atoms with van der Waals surface area (Å²) in [6.45, 7) is -1.15. The van der Waals surface area contributed by atoms with Gasteiger partial charge < -0.3 is 9.80 Å². The van der Waals surface area contributed by atoms with E-state index in [4.69, 9.17) is 5.26 Å². The molecule has 1 aromatic rings. The van der Waals surface area contributed by atoms with E-state index in [0.29, 0.717) is 17.8 Å². The van der Waals surface area contributed by atoms with Crippen LogP contribution in [-0.2, 0) is 4.79 Å². The Morgan fingerprint density at radius 2 is 2.24 bits per heavy atom. The lowest BCUT2D eigenvalue weighted by Gasteiger charge is -2.25. The van der Waals surface area contributed by atoms with Crippen molar-refractivity contribution in [2.24, 2.45) is 0 Å². The number of alkyl halides is 3. The molecular formula is C13H13F3N4O. The zero-order chi connectivity index (χ0) is 15.6. The lowest BCUT2D eigenvalue weighted by atomic mass is 10.2. The van der Waals surface area contributed by atoms with Gasteiger partial charge in [-0.2, -0.15) is 18.4 Å². The van der Waals surface area contributed by atoms with Gasteiger partial charge in [0.25, 0.3) is 0 Å². The van der Waals surface area contributed by atoms with Gasteiger partial charge in [0.1, 0.15) is 24.5 Å². The molecule has 21 heavy (non-hydrogen) atoms. The summed E-state index contributed by atoms with van der Waals surface area (Å²) in [5.74, 6) is -0.109. The van der Waals surface area contributed by atoms with E-state index in [9.17, 15) is 18.0 Å². The summed E-state index contributed by atoms with van der Waals surface area (Å²) in [6.07, 6.45) is -2.72. The molecule has 0 spiro atoms. The predicted octanol–water partition coefficient (Wildman–Crippen LogP) is 1.55. The summed E-state index contributed by atoms with van der Waals surface area (Å²) in [5.41, 5.74) is 0.378. The summed E-state index contributed by atoms with van der Waals surface area (Å²) < 4.78 is 37.1. The minimum atomic E-state index is -4.39. The monoisotopic (exact) mass is 298 g/mol. The average Bonchev–Trinajstić information content (AvgIpc) is 2.78. The van der Waals surface area contributed by atoms with E-state index in [-0.39, 0.29) is 6.54 Å². The minimum Gasteiger partial charge on any atom is -0.348 e. The molecule has 1 aliphatic rings. The first kappa shape index (κ1) is 15.1. The molecule has 0 aromatic carbocycles. The van der Waals surface area contributed by atoms with Gasteiger partial charge in [0.05, 0.1) is 5.56 Å². The van der Waals surface area contributed by atoms with Gasteiger partial charge in [0.15, 0.2) is 0 Å². The van der Waals surface area contributed by atoms with Crippen molar-refractivity contribution in [2.45, 2.75) is 18.6 Å². The quantitative estimate of drug-likeness (QED) is 0.849. The maximum Gasteiger partial charge on any atom is 0.406 e. The number of rotatable bonds is 3. The topological polar surface area (TPSA) is 60.2 Å². The molecular weight excluding hydrogens is 285 g/mol. The number of carbonyl (C=O) groups is 1. The summed E-state index contributed by atoms with van der Waals surface area (Å²) in [4.78, 5) is 18.4. The molecule has 0 radical (unpaired) electrons. The molecule has 0 bridgehead atoms. The number of anilines is 1. The number of nitrogens with zero attached hydrogens (tertiary/aromatic N) is 4. The fourth-order valence-corrected chi connectivity index (χ4v) is 2.28. The average molecular weight is 298 g/mol. The Kier molecular flexibility index (Phi) is 4.02. The molecule has 2 rings (SSSR count). The van der Waals surface area contributed by atoms with Gasteiger partial charge in [-0.15, -0.1) is 0 Å². The zero-order valence-corrected chi connectivity index (χ0v) is 11.3. The maximum atomic E-state index is 12.4. The number of hydrogen-bond acceptors (Lipinski definition) is 4. The van der Waals surface area contributed by atoms with Gasteiger partial charge >= 0.3 is 6.18 Å². The van der Waals surface area contributed by atoms with Crippen molar-refractivity contribution in [1.29, 1.82) is 5.26 Å². The summed E-state index contributed by atoms with van der Waals surface area (Å²) in [5, 5.41) is 8.69. The second-order valence-corrected chi connectivity index (χ2v) is 4.81. The SMILES string of the molecule is CN(c1ccc(C#N)cn1)C1CCN(CC(F)(F)F)C1=O. The van der Waals surface area contributed by atoms with Crippen LogP contribution < -0.4 is 4.90 Å². The van der Waals surface area contributed by atoms with Gasteiger partial charge in [0.2, 0.25) is 5.91 Å². The zero-order valence-electron chi connectivity index (χ0n) is 11.3. The van der Waals surface area contributed by atoms with Crippen LogP contribution in [0.4, 0.5) is 19.0 Å². The van der Waals surface area contributed by atoms with Crippen LogP contribution in [0.1, 0.15) is 12.0 Å². The predicted molar refractivity (Wildman–Crippen MR) is 68.4 cm³/mol. The van der Waals surface area contributed by atoms with E-state index in [1.807, 2.05) is 6.07 Å². The number of amides is 1. The Morgan fingerprint density at radius 3 is 2.76 bits per heavy atom. The smallest absolute Gasteiger partial charge is 0.348 e. The van der Waals surface area contributed by atoms with Crippen molar-refractivity contribution >= 4 is 11.7 Å².